The van der Waals surface area contributed by atoms with Crippen LogP contribution in [0.3, 0.4) is 0 Å². The van der Waals surface area contributed by atoms with Crippen LogP contribution in [0.5, 0.6) is 0 Å². The Morgan fingerprint density at radius 2 is 1.77 bits per heavy atom. The van der Waals surface area contributed by atoms with Gasteiger partial charge in [0.2, 0.25) is 11.0 Å². The first-order valence-corrected chi connectivity index (χ1v) is 10.4. The van der Waals surface area contributed by atoms with Gasteiger partial charge in [-0.1, -0.05) is 53.4 Å². The molecular weight excluding hydrogens is 364 g/mol. The molecule has 0 saturated heterocycles. The number of amides is 1. The van der Waals surface area contributed by atoms with Crippen LogP contribution in [0.25, 0.3) is 0 Å². The predicted octanol–water partition coefficient (Wildman–Crippen LogP) is 4.67. The molecule has 26 heavy (non-hydrogen) atoms. The van der Waals surface area contributed by atoms with Gasteiger partial charge in [0.05, 0.1) is 5.75 Å². The minimum Gasteiger partial charge on any atom is -0.355 e. The summed E-state index contributed by atoms with van der Waals surface area (Å²) in [6, 6.07) is 10.1. The van der Waals surface area contributed by atoms with Crippen LogP contribution in [-0.4, -0.2) is 37.8 Å². The highest BCUT2D eigenvalue weighted by Gasteiger charge is 2.26. The van der Waals surface area contributed by atoms with Gasteiger partial charge in [-0.2, -0.15) is 0 Å². The SMILES string of the molecule is CC(C)(C)Nc1nnc(SCC(=O)N(Cc2ccccc2)C(C)(C)C)s1. The minimum atomic E-state index is -0.242. The maximum absolute atomic E-state index is 12.8. The van der Waals surface area contributed by atoms with Gasteiger partial charge in [-0.3, -0.25) is 4.79 Å². The molecule has 0 fully saturated rings. The molecule has 0 bridgehead atoms. The molecule has 5 nitrogen and oxygen atoms in total. The molecule has 0 unspecified atom stereocenters. The zero-order valence-electron chi connectivity index (χ0n) is 16.4. The number of thioether (sulfide) groups is 1. The number of rotatable bonds is 6. The van der Waals surface area contributed by atoms with Crippen LogP contribution >= 0.6 is 23.1 Å². The molecule has 0 saturated carbocycles. The van der Waals surface area contributed by atoms with Crippen LogP contribution in [0.1, 0.15) is 47.1 Å². The molecule has 1 N–H and O–H groups in total. The number of nitrogens with one attached hydrogen (secondary N) is 1. The van der Waals surface area contributed by atoms with Crippen LogP contribution < -0.4 is 5.32 Å². The van der Waals surface area contributed by atoms with E-state index in [0.29, 0.717) is 12.3 Å². The standard InChI is InChI=1S/C19H28N4OS2/c1-18(2,3)20-16-21-22-17(26-16)25-13-15(24)23(19(4,5)6)12-14-10-8-7-9-11-14/h7-11H,12-13H2,1-6H3,(H,20,21). The van der Waals surface area contributed by atoms with Crippen molar-refractivity contribution in [3.05, 3.63) is 35.9 Å². The van der Waals surface area contributed by atoms with Crippen molar-refractivity contribution in [3.63, 3.8) is 0 Å². The number of hydrogen-bond acceptors (Lipinski definition) is 6. The monoisotopic (exact) mass is 392 g/mol. The summed E-state index contributed by atoms with van der Waals surface area (Å²) < 4.78 is 0.804. The minimum absolute atomic E-state index is 0.0595. The normalized spacial score (nSPS) is 12.1. The fourth-order valence-corrected chi connectivity index (χ4v) is 4.14. The van der Waals surface area contributed by atoms with Gasteiger partial charge in [0.1, 0.15) is 0 Å². The van der Waals surface area contributed by atoms with E-state index in [1.165, 1.54) is 23.1 Å². The molecule has 0 aliphatic heterocycles. The summed E-state index contributed by atoms with van der Waals surface area (Å²) in [7, 11) is 0. The van der Waals surface area contributed by atoms with Crippen LogP contribution in [0, 0.1) is 0 Å². The van der Waals surface area contributed by atoms with E-state index in [-0.39, 0.29) is 17.0 Å². The zero-order chi connectivity index (χ0) is 19.4. The third kappa shape index (κ3) is 6.61. The van der Waals surface area contributed by atoms with Gasteiger partial charge in [-0.25, -0.2) is 0 Å². The molecule has 1 aromatic heterocycles. The largest absolute Gasteiger partial charge is 0.355 e. The van der Waals surface area contributed by atoms with Gasteiger partial charge in [-0.15, -0.1) is 10.2 Å². The molecule has 0 atom stereocenters. The molecule has 7 heteroatoms. The quantitative estimate of drug-likeness (QED) is 0.724. The third-order valence-corrected chi connectivity index (χ3v) is 5.46. The molecule has 0 aliphatic carbocycles. The fourth-order valence-electron chi connectivity index (χ4n) is 2.31. The predicted molar refractivity (Wildman–Crippen MR) is 111 cm³/mol. The summed E-state index contributed by atoms with van der Waals surface area (Å²) >= 11 is 2.93. The lowest BCUT2D eigenvalue weighted by molar-refractivity contribution is -0.133. The second-order valence-electron chi connectivity index (χ2n) is 8.17. The van der Waals surface area contributed by atoms with Crippen molar-refractivity contribution in [2.75, 3.05) is 11.1 Å². The Balaban J connectivity index is 1.99. The van der Waals surface area contributed by atoms with E-state index >= 15 is 0 Å². The second-order valence-corrected chi connectivity index (χ2v) is 10.4. The van der Waals surface area contributed by atoms with E-state index in [2.05, 4.69) is 57.1 Å². The second kappa shape index (κ2) is 8.39. The van der Waals surface area contributed by atoms with Crippen molar-refractivity contribution in [1.29, 1.82) is 0 Å². The smallest absolute Gasteiger partial charge is 0.233 e. The van der Waals surface area contributed by atoms with Crippen LogP contribution in [0.4, 0.5) is 5.13 Å². The zero-order valence-corrected chi connectivity index (χ0v) is 18.0. The first-order valence-electron chi connectivity index (χ1n) is 8.63. The highest BCUT2D eigenvalue weighted by Crippen LogP contribution is 2.28. The summed E-state index contributed by atoms with van der Waals surface area (Å²) in [6.07, 6.45) is 0. The number of carbonyl (C=O) groups excluding carboxylic acids is 1. The highest BCUT2D eigenvalue weighted by atomic mass is 32.2. The van der Waals surface area contributed by atoms with Crippen LogP contribution in [0.15, 0.2) is 34.7 Å². The average Bonchev–Trinajstić information content (AvgIpc) is 2.95. The first kappa shape index (κ1) is 20.7. The van der Waals surface area contributed by atoms with Gasteiger partial charge in [0, 0.05) is 17.6 Å². The summed E-state index contributed by atoms with van der Waals surface area (Å²) in [6.45, 7) is 13.0. The maximum atomic E-state index is 12.8. The lowest BCUT2D eigenvalue weighted by Gasteiger charge is -2.36. The van der Waals surface area contributed by atoms with E-state index in [9.17, 15) is 4.79 Å². The number of nitrogens with zero attached hydrogens (tertiary/aromatic N) is 3. The summed E-state index contributed by atoms with van der Waals surface area (Å²) in [4.78, 5) is 14.8. The summed E-state index contributed by atoms with van der Waals surface area (Å²) in [5.41, 5.74) is 0.831. The number of benzene rings is 1. The van der Waals surface area contributed by atoms with E-state index in [0.717, 1.165) is 15.0 Å². The van der Waals surface area contributed by atoms with Gasteiger partial charge in [0.15, 0.2) is 4.34 Å². The average molecular weight is 393 g/mol. The van der Waals surface area contributed by atoms with Crippen molar-refractivity contribution < 1.29 is 4.79 Å². The topological polar surface area (TPSA) is 58.1 Å². The van der Waals surface area contributed by atoms with E-state index in [1.807, 2.05) is 35.2 Å². The van der Waals surface area contributed by atoms with Crippen molar-refractivity contribution in [2.45, 2.75) is 63.5 Å². The third-order valence-electron chi connectivity index (χ3n) is 3.50. The molecule has 1 heterocycles. The Morgan fingerprint density at radius 3 is 2.35 bits per heavy atom. The van der Waals surface area contributed by atoms with E-state index < -0.39 is 0 Å². The number of carbonyl (C=O) groups is 1. The number of anilines is 1. The van der Waals surface area contributed by atoms with Gasteiger partial charge < -0.3 is 10.2 Å². The van der Waals surface area contributed by atoms with Crippen molar-refractivity contribution in [3.8, 4) is 0 Å². The van der Waals surface area contributed by atoms with E-state index in [1.54, 1.807) is 0 Å². The molecule has 1 aromatic carbocycles. The Bertz CT molecular complexity index is 717. The molecule has 142 valence electrons. The molecule has 1 amide bonds. The molecule has 0 radical (unpaired) electrons. The molecule has 0 spiro atoms. The number of aromatic nitrogens is 2. The van der Waals surface area contributed by atoms with Gasteiger partial charge in [-0.05, 0) is 47.1 Å². The Hall–Kier alpha value is -1.60. The molecular formula is C19H28N4OS2. The Kier molecular flexibility index (Phi) is 6.69. The van der Waals surface area contributed by atoms with Gasteiger partial charge in [0.25, 0.3) is 0 Å². The van der Waals surface area contributed by atoms with Crippen LogP contribution in [-0.2, 0) is 11.3 Å². The highest BCUT2D eigenvalue weighted by molar-refractivity contribution is 8.01. The van der Waals surface area contributed by atoms with Crippen molar-refractivity contribution in [1.82, 2.24) is 15.1 Å². The maximum Gasteiger partial charge on any atom is 0.233 e. The fraction of sp³-hybridized carbons (Fsp3) is 0.526. The summed E-state index contributed by atoms with van der Waals surface area (Å²) in [5, 5.41) is 12.4. The van der Waals surface area contributed by atoms with E-state index in [4.69, 9.17) is 0 Å². The number of hydrogen-bond donors (Lipinski definition) is 1. The summed E-state index contributed by atoms with van der Waals surface area (Å²) in [5.74, 6) is 0.459. The first-order chi connectivity index (χ1) is 12.0. The van der Waals surface area contributed by atoms with Crippen molar-refractivity contribution in [2.24, 2.45) is 0 Å². The molecule has 2 aromatic rings. The van der Waals surface area contributed by atoms with Crippen LogP contribution in [0.2, 0.25) is 0 Å². The molecule has 0 aliphatic rings. The Morgan fingerprint density at radius 1 is 1.12 bits per heavy atom. The Labute approximate surface area is 164 Å². The molecule has 2 rings (SSSR count). The van der Waals surface area contributed by atoms with Gasteiger partial charge >= 0.3 is 0 Å². The lowest BCUT2D eigenvalue weighted by Crippen LogP contribution is -2.45. The lowest BCUT2D eigenvalue weighted by atomic mass is 10.0. The van der Waals surface area contributed by atoms with Crippen molar-refractivity contribution >= 4 is 34.1 Å².